The molecule has 2 N–H and O–H groups in total. The standard InChI is InChI=1S/C13H19N5/c1-9-3-4-15-13-11(9)16-12(17-13)10(2)18-7-5-14-6-8-18/h3-4,10,14H,5-8H2,1-2H3,(H,15,16,17). The third-order valence-electron chi connectivity index (χ3n) is 3.71. The Bertz CT molecular complexity index is 541. The number of rotatable bonds is 2. The Hall–Kier alpha value is -1.46. The quantitative estimate of drug-likeness (QED) is 0.835. The van der Waals surface area contributed by atoms with Gasteiger partial charge in [-0.3, -0.25) is 4.90 Å². The Morgan fingerprint density at radius 1 is 1.33 bits per heavy atom. The average Bonchev–Trinajstić information content (AvgIpc) is 2.84. The van der Waals surface area contributed by atoms with Crippen molar-refractivity contribution in [1.29, 1.82) is 0 Å². The third-order valence-corrected chi connectivity index (χ3v) is 3.71. The summed E-state index contributed by atoms with van der Waals surface area (Å²) in [6, 6.07) is 2.33. The summed E-state index contributed by atoms with van der Waals surface area (Å²) in [7, 11) is 0. The van der Waals surface area contributed by atoms with E-state index in [9.17, 15) is 0 Å². The maximum absolute atomic E-state index is 4.62. The van der Waals surface area contributed by atoms with Crippen LogP contribution < -0.4 is 5.32 Å². The number of nitrogens with zero attached hydrogens (tertiary/aromatic N) is 3. The third kappa shape index (κ3) is 2.00. The molecule has 0 aliphatic carbocycles. The molecule has 96 valence electrons. The lowest BCUT2D eigenvalue weighted by molar-refractivity contribution is 0.180. The summed E-state index contributed by atoms with van der Waals surface area (Å²) in [4.78, 5) is 14.8. The fourth-order valence-corrected chi connectivity index (χ4v) is 2.49. The predicted molar refractivity (Wildman–Crippen MR) is 71.5 cm³/mol. The van der Waals surface area contributed by atoms with Crippen molar-refractivity contribution >= 4 is 11.2 Å². The summed E-state index contributed by atoms with van der Waals surface area (Å²) in [5.41, 5.74) is 3.09. The zero-order valence-corrected chi connectivity index (χ0v) is 10.9. The van der Waals surface area contributed by atoms with Gasteiger partial charge in [-0.1, -0.05) is 0 Å². The SMILES string of the molecule is Cc1ccnc2nc(C(C)N3CCNCC3)[nH]c12. The summed E-state index contributed by atoms with van der Waals surface area (Å²) in [6.45, 7) is 8.55. The molecule has 0 saturated carbocycles. The topological polar surface area (TPSA) is 56.8 Å². The Morgan fingerprint density at radius 2 is 2.11 bits per heavy atom. The van der Waals surface area contributed by atoms with Crippen LogP contribution in [-0.2, 0) is 0 Å². The van der Waals surface area contributed by atoms with Gasteiger partial charge >= 0.3 is 0 Å². The molecule has 0 aromatic carbocycles. The Labute approximate surface area is 107 Å². The van der Waals surface area contributed by atoms with E-state index in [0.29, 0.717) is 6.04 Å². The normalized spacial score (nSPS) is 19.2. The lowest BCUT2D eigenvalue weighted by atomic mass is 10.2. The van der Waals surface area contributed by atoms with Gasteiger partial charge in [-0.25, -0.2) is 9.97 Å². The molecule has 1 unspecified atom stereocenters. The van der Waals surface area contributed by atoms with Crippen LogP contribution in [-0.4, -0.2) is 46.0 Å². The highest BCUT2D eigenvalue weighted by atomic mass is 15.2. The number of nitrogens with one attached hydrogen (secondary N) is 2. The van der Waals surface area contributed by atoms with Gasteiger partial charge in [0.1, 0.15) is 5.82 Å². The van der Waals surface area contributed by atoms with Gasteiger partial charge in [-0.05, 0) is 25.5 Å². The molecule has 0 spiro atoms. The maximum atomic E-state index is 4.62. The van der Waals surface area contributed by atoms with Crippen LogP contribution in [0.2, 0.25) is 0 Å². The lowest BCUT2D eigenvalue weighted by Crippen LogP contribution is -2.44. The number of hydrogen-bond donors (Lipinski definition) is 2. The number of pyridine rings is 1. The van der Waals surface area contributed by atoms with Crippen molar-refractivity contribution in [2.45, 2.75) is 19.9 Å². The monoisotopic (exact) mass is 245 g/mol. The summed E-state index contributed by atoms with van der Waals surface area (Å²) in [5.74, 6) is 1.02. The van der Waals surface area contributed by atoms with Crippen LogP contribution in [0.4, 0.5) is 0 Å². The number of imidazole rings is 1. The van der Waals surface area contributed by atoms with E-state index >= 15 is 0 Å². The summed E-state index contributed by atoms with van der Waals surface area (Å²) in [6.07, 6.45) is 1.82. The minimum absolute atomic E-state index is 0.320. The van der Waals surface area contributed by atoms with Gasteiger partial charge in [0, 0.05) is 32.4 Å². The molecule has 5 heteroatoms. The lowest BCUT2D eigenvalue weighted by Gasteiger charge is -2.31. The van der Waals surface area contributed by atoms with E-state index in [2.05, 4.69) is 39.0 Å². The molecule has 5 nitrogen and oxygen atoms in total. The molecule has 3 heterocycles. The smallest absolute Gasteiger partial charge is 0.178 e. The van der Waals surface area contributed by atoms with Crippen molar-refractivity contribution < 1.29 is 0 Å². The maximum Gasteiger partial charge on any atom is 0.178 e. The van der Waals surface area contributed by atoms with Crippen LogP contribution in [0.1, 0.15) is 24.4 Å². The van der Waals surface area contributed by atoms with E-state index in [4.69, 9.17) is 0 Å². The van der Waals surface area contributed by atoms with Crippen molar-refractivity contribution in [1.82, 2.24) is 25.2 Å². The summed E-state index contributed by atoms with van der Waals surface area (Å²) in [5, 5.41) is 3.37. The number of H-pyrrole nitrogens is 1. The molecule has 0 radical (unpaired) electrons. The molecule has 3 rings (SSSR count). The van der Waals surface area contributed by atoms with Gasteiger partial charge < -0.3 is 10.3 Å². The van der Waals surface area contributed by atoms with E-state index in [1.807, 2.05) is 12.3 Å². The van der Waals surface area contributed by atoms with Gasteiger partial charge in [0.2, 0.25) is 0 Å². The van der Waals surface area contributed by atoms with Gasteiger partial charge in [0.15, 0.2) is 5.65 Å². The molecular weight excluding hydrogens is 226 g/mol. The van der Waals surface area contributed by atoms with Crippen molar-refractivity contribution in [3.63, 3.8) is 0 Å². The molecule has 18 heavy (non-hydrogen) atoms. The van der Waals surface area contributed by atoms with Crippen LogP contribution in [0.3, 0.4) is 0 Å². The number of hydrogen-bond acceptors (Lipinski definition) is 4. The molecule has 2 aromatic rings. The van der Waals surface area contributed by atoms with Gasteiger partial charge in [0.25, 0.3) is 0 Å². The second kappa shape index (κ2) is 4.66. The van der Waals surface area contributed by atoms with Crippen molar-refractivity contribution in [3.8, 4) is 0 Å². The summed E-state index contributed by atoms with van der Waals surface area (Å²) >= 11 is 0. The van der Waals surface area contributed by atoms with E-state index in [0.717, 1.165) is 43.2 Å². The van der Waals surface area contributed by atoms with Gasteiger partial charge in [-0.2, -0.15) is 0 Å². The van der Waals surface area contributed by atoms with Crippen LogP contribution in [0.25, 0.3) is 11.2 Å². The minimum Gasteiger partial charge on any atom is -0.339 e. The molecule has 2 aromatic heterocycles. The number of aromatic amines is 1. The zero-order valence-electron chi connectivity index (χ0n) is 10.9. The fraction of sp³-hybridized carbons (Fsp3) is 0.538. The second-order valence-electron chi connectivity index (χ2n) is 4.91. The predicted octanol–water partition coefficient (Wildman–Crippen LogP) is 1.23. The van der Waals surface area contributed by atoms with E-state index in [1.165, 1.54) is 5.56 Å². The van der Waals surface area contributed by atoms with Crippen molar-refractivity contribution in [2.24, 2.45) is 0 Å². The fourth-order valence-electron chi connectivity index (χ4n) is 2.49. The van der Waals surface area contributed by atoms with Crippen LogP contribution in [0, 0.1) is 6.92 Å². The van der Waals surface area contributed by atoms with Crippen LogP contribution >= 0.6 is 0 Å². The molecule has 0 amide bonds. The number of aromatic nitrogens is 3. The zero-order chi connectivity index (χ0) is 12.5. The number of aryl methyl sites for hydroxylation is 1. The summed E-state index contributed by atoms with van der Waals surface area (Å²) < 4.78 is 0. The molecule has 1 fully saturated rings. The largest absolute Gasteiger partial charge is 0.339 e. The van der Waals surface area contributed by atoms with E-state index in [-0.39, 0.29) is 0 Å². The van der Waals surface area contributed by atoms with E-state index in [1.54, 1.807) is 0 Å². The molecular formula is C13H19N5. The first-order chi connectivity index (χ1) is 8.75. The first-order valence-electron chi connectivity index (χ1n) is 6.51. The van der Waals surface area contributed by atoms with Crippen LogP contribution in [0.15, 0.2) is 12.3 Å². The first-order valence-corrected chi connectivity index (χ1v) is 6.51. The molecule has 1 aliphatic heterocycles. The Morgan fingerprint density at radius 3 is 2.83 bits per heavy atom. The number of piperazine rings is 1. The Balaban J connectivity index is 1.91. The van der Waals surface area contributed by atoms with Crippen LogP contribution in [0.5, 0.6) is 0 Å². The minimum atomic E-state index is 0.320. The molecule has 0 bridgehead atoms. The molecule has 1 saturated heterocycles. The van der Waals surface area contributed by atoms with Crippen molar-refractivity contribution in [3.05, 3.63) is 23.7 Å². The highest BCUT2D eigenvalue weighted by Gasteiger charge is 2.21. The van der Waals surface area contributed by atoms with Crippen molar-refractivity contribution in [2.75, 3.05) is 26.2 Å². The highest BCUT2D eigenvalue weighted by Crippen LogP contribution is 2.21. The van der Waals surface area contributed by atoms with Gasteiger partial charge in [0.05, 0.1) is 11.6 Å². The highest BCUT2D eigenvalue weighted by molar-refractivity contribution is 5.74. The number of fused-ring (bicyclic) bond motifs is 1. The molecule has 1 atom stereocenters. The first kappa shape index (κ1) is 11.6. The Kier molecular flexibility index (Phi) is 3.01. The second-order valence-corrected chi connectivity index (χ2v) is 4.91. The van der Waals surface area contributed by atoms with Gasteiger partial charge in [-0.15, -0.1) is 0 Å². The average molecular weight is 245 g/mol. The molecule has 1 aliphatic rings. The van der Waals surface area contributed by atoms with E-state index < -0.39 is 0 Å².